The van der Waals surface area contributed by atoms with E-state index in [-0.39, 0.29) is 30.0 Å². The molecule has 0 radical (unpaired) electrons. The predicted octanol–water partition coefficient (Wildman–Crippen LogP) is 6.51. The van der Waals surface area contributed by atoms with Gasteiger partial charge in [-0.05, 0) is 29.5 Å². The fourth-order valence-electron chi connectivity index (χ4n) is 4.82. The molecule has 0 amide bonds. The number of rotatable bonds is 15. The average molecular weight is 547 g/mol. The standard InChI is InChI=1S/C34H42O6/c1-25(2)30(19-26(3)35)39-33-20-31(37-22-28-15-9-5-10-16-28)34(38-23-29-17-11-6-12-18-29)32(40-33)24-36-21-27-13-7-4-8-14-27/h4-18,25,30-34H,19-24H2,1-3H3/t30-,31-,32-,33+,34+/m1/s1. The van der Waals surface area contributed by atoms with E-state index in [0.717, 1.165) is 16.7 Å². The lowest BCUT2D eigenvalue weighted by Gasteiger charge is -2.42. The van der Waals surface area contributed by atoms with Crippen LogP contribution in [0.3, 0.4) is 0 Å². The summed E-state index contributed by atoms with van der Waals surface area (Å²) in [5.74, 6) is 0.259. The van der Waals surface area contributed by atoms with Gasteiger partial charge in [-0.15, -0.1) is 0 Å². The summed E-state index contributed by atoms with van der Waals surface area (Å²) in [4.78, 5) is 12.0. The van der Waals surface area contributed by atoms with E-state index in [4.69, 9.17) is 23.7 Å². The van der Waals surface area contributed by atoms with Gasteiger partial charge in [0.2, 0.25) is 0 Å². The molecule has 0 aromatic heterocycles. The minimum absolute atomic E-state index is 0.0956. The summed E-state index contributed by atoms with van der Waals surface area (Å²) in [6, 6.07) is 30.3. The van der Waals surface area contributed by atoms with Crippen molar-refractivity contribution >= 4 is 5.78 Å². The monoisotopic (exact) mass is 546 g/mol. The van der Waals surface area contributed by atoms with E-state index in [1.54, 1.807) is 6.92 Å². The van der Waals surface area contributed by atoms with Crippen LogP contribution in [0.4, 0.5) is 0 Å². The number of ketones is 1. The zero-order chi connectivity index (χ0) is 28.2. The molecule has 1 fully saturated rings. The van der Waals surface area contributed by atoms with Crippen molar-refractivity contribution in [2.24, 2.45) is 5.92 Å². The molecular weight excluding hydrogens is 504 g/mol. The normalized spacial score (nSPS) is 21.8. The fourth-order valence-corrected chi connectivity index (χ4v) is 4.82. The number of hydrogen-bond donors (Lipinski definition) is 0. The van der Waals surface area contributed by atoms with E-state index < -0.39 is 12.4 Å². The van der Waals surface area contributed by atoms with Crippen LogP contribution < -0.4 is 0 Å². The summed E-state index contributed by atoms with van der Waals surface area (Å²) in [6.07, 6.45) is -1.04. The van der Waals surface area contributed by atoms with Crippen molar-refractivity contribution in [1.29, 1.82) is 0 Å². The Hall–Kier alpha value is -2.87. The number of carbonyl (C=O) groups is 1. The van der Waals surface area contributed by atoms with Gasteiger partial charge in [0.15, 0.2) is 6.29 Å². The number of ether oxygens (including phenoxy) is 5. The van der Waals surface area contributed by atoms with Crippen LogP contribution in [0.25, 0.3) is 0 Å². The highest BCUT2D eigenvalue weighted by atomic mass is 16.7. The molecule has 1 saturated heterocycles. The lowest BCUT2D eigenvalue weighted by molar-refractivity contribution is -0.291. The first-order valence-electron chi connectivity index (χ1n) is 14.2. The fraction of sp³-hybridized carbons (Fsp3) is 0.441. The van der Waals surface area contributed by atoms with Crippen molar-refractivity contribution in [2.45, 2.75) is 84.1 Å². The Bertz CT molecular complexity index is 1120. The number of benzene rings is 3. The molecular formula is C34H42O6. The van der Waals surface area contributed by atoms with E-state index in [2.05, 4.69) is 26.0 Å². The lowest BCUT2D eigenvalue weighted by atomic mass is 9.99. The lowest BCUT2D eigenvalue weighted by Crippen LogP contribution is -2.53. The first kappa shape index (κ1) is 30.1. The maximum absolute atomic E-state index is 12.0. The molecule has 6 heteroatoms. The topological polar surface area (TPSA) is 63.2 Å². The zero-order valence-corrected chi connectivity index (χ0v) is 23.8. The van der Waals surface area contributed by atoms with Crippen LogP contribution >= 0.6 is 0 Å². The van der Waals surface area contributed by atoms with Gasteiger partial charge in [-0.2, -0.15) is 0 Å². The molecule has 0 unspecified atom stereocenters. The highest BCUT2D eigenvalue weighted by Gasteiger charge is 2.42. The molecule has 40 heavy (non-hydrogen) atoms. The van der Waals surface area contributed by atoms with Gasteiger partial charge in [-0.25, -0.2) is 0 Å². The van der Waals surface area contributed by atoms with Crippen molar-refractivity contribution in [3.05, 3.63) is 108 Å². The van der Waals surface area contributed by atoms with Crippen molar-refractivity contribution in [3.8, 4) is 0 Å². The largest absolute Gasteiger partial charge is 0.374 e. The van der Waals surface area contributed by atoms with Crippen LogP contribution in [0, 0.1) is 5.92 Å². The predicted molar refractivity (Wildman–Crippen MR) is 154 cm³/mol. The van der Waals surface area contributed by atoms with E-state index in [1.165, 1.54) is 0 Å². The van der Waals surface area contributed by atoms with Crippen LogP contribution in [0.5, 0.6) is 0 Å². The molecule has 0 N–H and O–H groups in total. The second-order valence-electron chi connectivity index (χ2n) is 10.8. The van der Waals surface area contributed by atoms with E-state index in [9.17, 15) is 4.79 Å². The molecule has 3 aromatic rings. The van der Waals surface area contributed by atoms with Crippen LogP contribution in [0.15, 0.2) is 91.0 Å². The van der Waals surface area contributed by atoms with Gasteiger partial charge in [0.1, 0.15) is 18.0 Å². The summed E-state index contributed by atoms with van der Waals surface area (Å²) < 4.78 is 32.1. The number of Topliss-reactive ketones (excluding diaryl/α,β-unsaturated/α-hetero) is 1. The number of carbonyl (C=O) groups excluding carboxylic acids is 1. The molecule has 1 aliphatic rings. The van der Waals surface area contributed by atoms with Crippen molar-refractivity contribution < 1.29 is 28.5 Å². The van der Waals surface area contributed by atoms with E-state index in [0.29, 0.717) is 39.3 Å². The van der Waals surface area contributed by atoms with Gasteiger partial charge in [-0.1, -0.05) is 105 Å². The Morgan fingerprint density at radius 3 is 1.85 bits per heavy atom. The van der Waals surface area contributed by atoms with Crippen molar-refractivity contribution in [3.63, 3.8) is 0 Å². The van der Waals surface area contributed by atoms with E-state index >= 15 is 0 Å². The molecule has 1 heterocycles. The van der Waals surface area contributed by atoms with Crippen molar-refractivity contribution in [1.82, 2.24) is 0 Å². The summed E-state index contributed by atoms with van der Waals surface area (Å²) >= 11 is 0. The smallest absolute Gasteiger partial charge is 0.161 e. The molecule has 1 aliphatic heterocycles. The Labute approximate surface area is 238 Å². The third-order valence-corrected chi connectivity index (χ3v) is 7.03. The van der Waals surface area contributed by atoms with Crippen molar-refractivity contribution in [2.75, 3.05) is 6.61 Å². The molecule has 0 saturated carbocycles. The van der Waals surface area contributed by atoms with E-state index in [1.807, 2.05) is 78.9 Å². The average Bonchev–Trinajstić information content (AvgIpc) is 2.96. The van der Waals surface area contributed by atoms with Crippen LogP contribution in [0.2, 0.25) is 0 Å². The molecule has 4 rings (SSSR count). The quantitative estimate of drug-likeness (QED) is 0.217. The van der Waals surface area contributed by atoms with Gasteiger partial charge in [0.05, 0.1) is 38.6 Å². The molecule has 0 spiro atoms. The Balaban J connectivity index is 1.52. The highest BCUT2D eigenvalue weighted by Crippen LogP contribution is 2.30. The Kier molecular flexibility index (Phi) is 11.9. The first-order valence-corrected chi connectivity index (χ1v) is 14.2. The second kappa shape index (κ2) is 15.8. The van der Waals surface area contributed by atoms with Gasteiger partial charge in [-0.3, -0.25) is 4.79 Å². The molecule has 0 aliphatic carbocycles. The molecule has 6 nitrogen and oxygen atoms in total. The second-order valence-corrected chi connectivity index (χ2v) is 10.8. The zero-order valence-electron chi connectivity index (χ0n) is 23.8. The SMILES string of the molecule is CC(=O)C[C@@H](O[C@@H]1C[C@@H](OCc2ccccc2)[C@H](OCc2ccccc2)[C@@H](COCc2ccccc2)O1)C(C)C. The third kappa shape index (κ3) is 9.65. The van der Waals surface area contributed by atoms with Crippen LogP contribution in [-0.4, -0.2) is 43.1 Å². The van der Waals surface area contributed by atoms with Gasteiger partial charge in [0, 0.05) is 12.8 Å². The third-order valence-electron chi connectivity index (χ3n) is 7.03. The minimum atomic E-state index is -0.547. The summed E-state index contributed by atoms with van der Waals surface area (Å²) in [5, 5.41) is 0. The molecule has 0 bridgehead atoms. The first-order chi connectivity index (χ1) is 19.5. The summed E-state index contributed by atoms with van der Waals surface area (Å²) in [6.45, 7) is 7.38. The maximum atomic E-state index is 12.0. The van der Waals surface area contributed by atoms with Gasteiger partial charge < -0.3 is 23.7 Å². The summed E-state index contributed by atoms with van der Waals surface area (Å²) in [5.41, 5.74) is 3.25. The highest BCUT2D eigenvalue weighted by molar-refractivity contribution is 5.76. The number of hydrogen-bond acceptors (Lipinski definition) is 6. The molecule has 3 aromatic carbocycles. The maximum Gasteiger partial charge on any atom is 0.161 e. The van der Waals surface area contributed by atoms with Gasteiger partial charge in [0.25, 0.3) is 0 Å². The van der Waals surface area contributed by atoms with Crippen LogP contribution in [-0.2, 0) is 48.3 Å². The summed E-state index contributed by atoms with van der Waals surface area (Å²) in [7, 11) is 0. The molecule has 5 atom stereocenters. The van der Waals surface area contributed by atoms with Crippen LogP contribution in [0.1, 0.15) is 50.3 Å². The minimum Gasteiger partial charge on any atom is -0.374 e. The Morgan fingerprint density at radius 2 is 1.32 bits per heavy atom. The van der Waals surface area contributed by atoms with Gasteiger partial charge >= 0.3 is 0 Å². The molecule has 214 valence electrons. The Morgan fingerprint density at radius 1 is 0.800 bits per heavy atom.